The Morgan fingerprint density at radius 1 is 1.11 bits per heavy atom. The van der Waals surface area contributed by atoms with Crippen LogP contribution in [0.25, 0.3) is 0 Å². The molecule has 0 radical (unpaired) electrons. The van der Waals surface area contributed by atoms with E-state index in [9.17, 15) is 14.7 Å². The maximum Gasteiger partial charge on any atom is 0.410 e. The van der Waals surface area contributed by atoms with E-state index in [1.165, 1.54) is 0 Å². The number of esters is 1. The molecule has 16 nitrogen and oxygen atoms in total. The quantitative estimate of drug-likeness (QED) is 0.300. The third-order valence-electron chi connectivity index (χ3n) is 12.8. The largest absolute Gasteiger partial charge is 0.458 e. The van der Waals surface area contributed by atoms with E-state index in [0.717, 1.165) is 5.71 Å². The number of hydrogen-bond acceptors (Lipinski definition) is 15. The van der Waals surface area contributed by atoms with Gasteiger partial charge in [0.2, 0.25) is 0 Å². The minimum absolute atomic E-state index is 0.00720. The minimum atomic E-state index is -1.14. The van der Waals surface area contributed by atoms with E-state index in [2.05, 4.69) is 24.0 Å². The number of aliphatic hydroxyl groups is 1. The predicted molar refractivity (Wildman–Crippen MR) is 211 cm³/mol. The highest BCUT2D eigenvalue weighted by molar-refractivity contribution is 5.91. The molecule has 16 heteroatoms. The van der Waals surface area contributed by atoms with E-state index in [0.29, 0.717) is 49.6 Å². The van der Waals surface area contributed by atoms with Crippen molar-refractivity contribution in [3.63, 3.8) is 0 Å². The molecule has 0 unspecified atom stereocenters. The van der Waals surface area contributed by atoms with Crippen LogP contribution in [0.5, 0.6) is 0 Å². The van der Waals surface area contributed by atoms with Crippen LogP contribution in [-0.4, -0.2) is 144 Å². The number of cyclic esters (lactones) is 1. The highest BCUT2D eigenvalue weighted by Gasteiger charge is 2.60. The monoisotopic (exact) mass is 800 g/mol. The average Bonchev–Trinajstić information content (AvgIpc) is 3.30. The number of amides is 1. The summed E-state index contributed by atoms with van der Waals surface area (Å²) in [7, 11) is 3.86. The number of pyridine rings is 1. The molecule has 4 saturated heterocycles. The van der Waals surface area contributed by atoms with Crippen LogP contribution in [0.15, 0.2) is 28.3 Å². The van der Waals surface area contributed by atoms with Crippen molar-refractivity contribution < 1.29 is 48.0 Å². The average molecular weight is 801 g/mol. The standard InChI is InChI=1S/C41H64N6O10/c1-11-30-41(8)35-24(4)32(43-15-16-47(35)39(50)57-41)22(2)18-40(7)36(56-38-33(48)29(46(9)10)17-23(3)54-38)25(5)34(26(6)37(49)55-30)51-19-28(20-52-40)45-53-21-27-13-12-14-31(42)44-27/h12-14,22-26,29-30,33-36,38,48H,11,15-21H2,1-10H3,(H2,42,44)/b45-28+/t22-,23+,24+,25+,26-,29-,30-,33+,34+,35-,36-,38-,40-,41-/m1/s1. The van der Waals surface area contributed by atoms with Crippen LogP contribution in [0.2, 0.25) is 0 Å². The zero-order chi connectivity index (χ0) is 41.4. The molecular formula is C41H64N6O10. The zero-order valence-electron chi connectivity index (χ0n) is 35.3. The second kappa shape index (κ2) is 17.4. The number of carbonyl (C=O) groups excluding carboxylic acids is 2. The van der Waals surface area contributed by atoms with Gasteiger partial charge in [-0.3, -0.25) is 14.7 Å². The van der Waals surface area contributed by atoms with Gasteiger partial charge in [0.15, 0.2) is 18.5 Å². The number of nitrogens with two attached hydrogens (primary N) is 1. The maximum absolute atomic E-state index is 14.5. The molecule has 5 aliphatic heterocycles. The topological polar surface area (TPSA) is 189 Å². The van der Waals surface area contributed by atoms with Crippen LogP contribution >= 0.6 is 0 Å². The molecular weight excluding hydrogens is 736 g/mol. The summed E-state index contributed by atoms with van der Waals surface area (Å²) >= 11 is 0. The second-order valence-electron chi connectivity index (χ2n) is 17.4. The third kappa shape index (κ3) is 8.81. The van der Waals surface area contributed by atoms with Gasteiger partial charge >= 0.3 is 12.1 Å². The minimum Gasteiger partial charge on any atom is -0.458 e. The number of carbonyl (C=O) groups is 2. The number of fused-ring (bicyclic) bond motifs is 4. The summed E-state index contributed by atoms with van der Waals surface area (Å²) in [6.45, 7) is 16.5. The predicted octanol–water partition coefficient (Wildman–Crippen LogP) is 3.83. The van der Waals surface area contributed by atoms with Gasteiger partial charge in [-0.1, -0.05) is 38.9 Å². The maximum atomic E-state index is 14.5. The molecule has 318 valence electrons. The van der Waals surface area contributed by atoms with Crippen LogP contribution in [-0.2, 0) is 44.7 Å². The third-order valence-corrected chi connectivity index (χ3v) is 12.8. The van der Waals surface area contributed by atoms with Crippen molar-refractivity contribution in [2.24, 2.45) is 33.8 Å². The number of rotatable bonds is 7. The van der Waals surface area contributed by atoms with Gasteiger partial charge in [-0.2, -0.15) is 0 Å². The molecule has 1 amide bonds. The first-order chi connectivity index (χ1) is 27.0. The number of nitrogens with zero attached hydrogens (tertiary/aromatic N) is 5. The van der Waals surface area contributed by atoms with E-state index in [-0.39, 0.29) is 43.8 Å². The molecule has 6 rings (SSSR count). The lowest BCUT2D eigenvalue weighted by molar-refractivity contribution is -0.302. The molecule has 1 aromatic rings. The van der Waals surface area contributed by atoms with Crippen molar-refractivity contribution >= 4 is 29.3 Å². The molecule has 4 fully saturated rings. The van der Waals surface area contributed by atoms with Gasteiger partial charge in [0, 0.05) is 30.1 Å². The summed E-state index contributed by atoms with van der Waals surface area (Å²) in [5.41, 5.74) is 5.61. The lowest BCUT2D eigenvalue weighted by Crippen LogP contribution is -2.60. The summed E-state index contributed by atoms with van der Waals surface area (Å²) < 4.78 is 39.7. The van der Waals surface area contributed by atoms with Gasteiger partial charge in [-0.25, -0.2) is 9.78 Å². The Morgan fingerprint density at radius 3 is 2.56 bits per heavy atom. The van der Waals surface area contributed by atoms with Gasteiger partial charge in [-0.05, 0) is 79.1 Å². The first kappa shape index (κ1) is 43.2. The molecule has 14 atom stereocenters. The normalized spacial score (nSPS) is 41.3. The number of aliphatic imine (C=N–C) groups is 1. The zero-order valence-corrected chi connectivity index (χ0v) is 35.3. The first-order valence-corrected chi connectivity index (χ1v) is 20.5. The van der Waals surface area contributed by atoms with E-state index in [1.54, 1.807) is 30.0 Å². The lowest BCUT2D eigenvalue weighted by atomic mass is 9.72. The van der Waals surface area contributed by atoms with Crippen LogP contribution in [0.3, 0.4) is 0 Å². The molecule has 57 heavy (non-hydrogen) atoms. The van der Waals surface area contributed by atoms with E-state index >= 15 is 0 Å². The van der Waals surface area contributed by atoms with Crippen LogP contribution in [0.1, 0.15) is 80.3 Å². The SMILES string of the molecule is CC[C@H]1OC(=O)[C@H](C)[C@H]2OC/C(=N\OCc3cccc(N)n3)CO[C@](C)(C[C@@H](C)C3=NCCN4C(=O)O[C@@]1(C)[C@H]4[C@H]3C)[C@H](O[C@H]1O[C@@H](C)C[C@@H](N(C)C)[C@@H]1O)[C@H]2C. The van der Waals surface area contributed by atoms with E-state index < -0.39 is 71.8 Å². The molecule has 0 aliphatic carbocycles. The summed E-state index contributed by atoms with van der Waals surface area (Å²) in [6, 6.07) is 4.63. The van der Waals surface area contributed by atoms with Gasteiger partial charge in [0.1, 0.15) is 23.7 Å². The Kier molecular flexibility index (Phi) is 13.2. The summed E-state index contributed by atoms with van der Waals surface area (Å²) in [5, 5.41) is 16.2. The lowest BCUT2D eigenvalue weighted by Gasteiger charge is -2.48. The fourth-order valence-electron chi connectivity index (χ4n) is 9.99. The molecule has 0 spiro atoms. The Hall–Kier alpha value is -3.41. The van der Waals surface area contributed by atoms with Crippen molar-refractivity contribution in [2.45, 2.75) is 141 Å². The van der Waals surface area contributed by atoms with Gasteiger partial charge in [0.25, 0.3) is 0 Å². The highest BCUT2D eigenvalue weighted by atomic mass is 16.7. The van der Waals surface area contributed by atoms with Gasteiger partial charge in [0.05, 0.1) is 61.3 Å². The summed E-state index contributed by atoms with van der Waals surface area (Å²) in [4.78, 5) is 46.9. The molecule has 6 heterocycles. The van der Waals surface area contributed by atoms with Crippen molar-refractivity contribution in [1.29, 1.82) is 0 Å². The van der Waals surface area contributed by atoms with Crippen LogP contribution in [0, 0.1) is 23.7 Å². The molecule has 3 N–H and O–H groups in total. The van der Waals surface area contributed by atoms with Gasteiger partial charge < -0.3 is 49.0 Å². The van der Waals surface area contributed by atoms with Crippen molar-refractivity contribution in [3.8, 4) is 0 Å². The molecule has 0 aromatic carbocycles. The fourth-order valence-corrected chi connectivity index (χ4v) is 9.99. The number of oxime groups is 1. The van der Waals surface area contributed by atoms with Gasteiger partial charge in [-0.15, -0.1) is 0 Å². The second-order valence-corrected chi connectivity index (χ2v) is 17.4. The van der Waals surface area contributed by atoms with Crippen LogP contribution < -0.4 is 5.73 Å². The molecule has 1 aromatic heterocycles. The number of nitrogen functional groups attached to an aromatic ring is 1. The summed E-state index contributed by atoms with van der Waals surface area (Å²) in [6.07, 6.45) is -3.49. The van der Waals surface area contributed by atoms with E-state index in [1.807, 2.05) is 53.6 Å². The first-order valence-electron chi connectivity index (χ1n) is 20.5. The number of aromatic nitrogens is 1. The Balaban J connectivity index is 1.45. The number of aliphatic hydroxyl groups excluding tert-OH is 1. The molecule has 4 bridgehead atoms. The van der Waals surface area contributed by atoms with Crippen molar-refractivity contribution in [3.05, 3.63) is 23.9 Å². The van der Waals surface area contributed by atoms with Crippen LogP contribution in [0.4, 0.5) is 10.6 Å². The molecule has 0 saturated carbocycles. The van der Waals surface area contributed by atoms with Crippen molar-refractivity contribution in [1.82, 2.24) is 14.8 Å². The Bertz CT molecular complexity index is 1660. The Labute approximate surface area is 336 Å². The molecule has 5 aliphatic rings. The number of anilines is 1. The fraction of sp³-hybridized carbons (Fsp3) is 0.780. The summed E-state index contributed by atoms with van der Waals surface area (Å²) in [5.74, 6) is -1.91. The number of hydrogen-bond donors (Lipinski definition) is 2. The smallest absolute Gasteiger partial charge is 0.410 e. The van der Waals surface area contributed by atoms with E-state index in [4.69, 9.17) is 44.0 Å². The Morgan fingerprint density at radius 2 is 1.86 bits per heavy atom. The number of ether oxygens (including phenoxy) is 6. The highest BCUT2D eigenvalue weighted by Crippen LogP contribution is 2.45. The number of likely N-dealkylation sites (N-methyl/N-ethyl adjacent to an activating group) is 1. The van der Waals surface area contributed by atoms with Crippen molar-refractivity contribution in [2.75, 3.05) is 46.1 Å².